The number of unbranched alkanes of at least 4 members (excludes halogenated alkanes) is 1. The van der Waals surface area contributed by atoms with Crippen LogP contribution in [0.3, 0.4) is 0 Å². The number of hydrogen-bond acceptors (Lipinski definition) is 3. The molecule has 1 N–H and O–H groups in total. The third-order valence-electron chi connectivity index (χ3n) is 3.33. The standard InChI is InChI=1S/C15H32N4O2S.HI/c1-6-9-10-13-18(4)15(16-7-2)17-12-11-14-19(5)22(20,21)8-3;/h6H,1,7-14H2,2-5H3,(H,16,17);1H. The van der Waals surface area contributed by atoms with Crippen molar-refractivity contribution in [2.24, 2.45) is 4.99 Å². The number of hydrogen-bond donors (Lipinski definition) is 1. The molecule has 23 heavy (non-hydrogen) atoms. The maximum absolute atomic E-state index is 11.6. The van der Waals surface area contributed by atoms with Crippen molar-refractivity contribution < 1.29 is 8.42 Å². The third-order valence-corrected chi connectivity index (χ3v) is 5.19. The Morgan fingerprint density at radius 3 is 2.39 bits per heavy atom. The average Bonchev–Trinajstić information content (AvgIpc) is 2.50. The lowest BCUT2D eigenvalue weighted by Gasteiger charge is -2.22. The second-order valence-electron chi connectivity index (χ2n) is 5.16. The average molecular weight is 460 g/mol. The van der Waals surface area contributed by atoms with Crippen LogP contribution in [0.1, 0.15) is 33.1 Å². The number of guanidine groups is 1. The maximum Gasteiger partial charge on any atom is 0.213 e. The quantitative estimate of drug-likeness (QED) is 0.169. The Labute approximate surface area is 159 Å². The van der Waals surface area contributed by atoms with Gasteiger partial charge in [-0.15, -0.1) is 30.6 Å². The molecule has 0 aliphatic carbocycles. The monoisotopic (exact) mass is 460 g/mol. The smallest absolute Gasteiger partial charge is 0.213 e. The number of halogens is 1. The fourth-order valence-corrected chi connectivity index (χ4v) is 2.73. The van der Waals surface area contributed by atoms with Crippen molar-refractivity contribution in [3.63, 3.8) is 0 Å². The molecule has 0 aromatic carbocycles. The number of nitrogens with one attached hydrogen (secondary N) is 1. The summed E-state index contributed by atoms with van der Waals surface area (Å²) in [5.41, 5.74) is 0. The van der Waals surface area contributed by atoms with Crippen molar-refractivity contribution in [1.29, 1.82) is 0 Å². The Morgan fingerprint density at radius 1 is 1.22 bits per heavy atom. The molecule has 0 saturated heterocycles. The van der Waals surface area contributed by atoms with Gasteiger partial charge in [0.1, 0.15) is 0 Å². The van der Waals surface area contributed by atoms with Crippen LogP contribution < -0.4 is 5.32 Å². The summed E-state index contributed by atoms with van der Waals surface area (Å²) in [5.74, 6) is 1.01. The minimum absolute atomic E-state index is 0. The highest BCUT2D eigenvalue weighted by Gasteiger charge is 2.13. The van der Waals surface area contributed by atoms with Gasteiger partial charge in [0.25, 0.3) is 0 Å². The lowest BCUT2D eigenvalue weighted by molar-refractivity contribution is 0.457. The zero-order valence-corrected chi connectivity index (χ0v) is 18.1. The molecule has 0 aliphatic heterocycles. The molecule has 0 aromatic heterocycles. The van der Waals surface area contributed by atoms with Gasteiger partial charge in [0.2, 0.25) is 10.0 Å². The molecule has 0 spiro atoms. The first kappa shape index (κ1) is 24.9. The molecule has 6 nitrogen and oxygen atoms in total. The molecule has 0 aromatic rings. The van der Waals surface area contributed by atoms with E-state index in [2.05, 4.69) is 21.8 Å². The van der Waals surface area contributed by atoms with Crippen LogP contribution in [-0.2, 0) is 10.0 Å². The van der Waals surface area contributed by atoms with Gasteiger partial charge < -0.3 is 10.2 Å². The Hall–Kier alpha value is -0.350. The molecule has 0 heterocycles. The molecule has 0 aliphatic rings. The summed E-state index contributed by atoms with van der Waals surface area (Å²) in [6, 6.07) is 0. The zero-order chi connectivity index (χ0) is 17.0. The predicted molar refractivity (Wildman–Crippen MR) is 110 cm³/mol. The van der Waals surface area contributed by atoms with Gasteiger partial charge in [-0.05, 0) is 33.1 Å². The number of rotatable bonds is 11. The largest absolute Gasteiger partial charge is 0.357 e. The van der Waals surface area contributed by atoms with Gasteiger partial charge >= 0.3 is 0 Å². The van der Waals surface area contributed by atoms with E-state index in [4.69, 9.17) is 0 Å². The van der Waals surface area contributed by atoms with Crippen LogP contribution in [-0.4, -0.2) is 69.6 Å². The van der Waals surface area contributed by atoms with E-state index < -0.39 is 10.0 Å². The van der Waals surface area contributed by atoms with Crippen LogP contribution in [0.5, 0.6) is 0 Å². The number of nitrogens with zero attached hydrogens (tertiary/aromatic N) is 3. The van der Waals surface area contributed by atoms with Crippen molar-refractivity contribution in [2.75, 3.05) is 46.0 Å². The topological polar surface area (TPSA) is 65.0 Å². The highest BCUT2D eigenvalue weighted by atomic mass is 127. The predicted octanol–water partition coefficient (Wildman–Crippen LogP) is 2.14. The number of allylic oxidation sites excluding steroid dienone is 1. The van der Waals surface area contributed by atoms with Crippen molar-refractivity contribution in [1.82, 2.24) is 14.5 Å². The Bertz CT molecular complexity index is 441. The van der Waals surface area contributed by atoms with E-state index in [9.17, 15) is 8.42 Å². The molecule has 0 amide bonds. The van der Waals surface area contributed by atoms with Crippen molar-refractivity contribution in [3.05, 3.63) is 12.7 Å². The van der Waals surface area contributed by atoms with Gasteiger partial charge in [-0.3, -0.25) is 4.99 Å². The van der Waals surface area contributed by atoms with Crippen LogP contribution >= 0.6 is 24.0 Å². The summed E-state index contributed by atoms with van der Waals surface area (Å²) >= 11 is 0. The molecule has 0 fully saturated rings. The van der Waals surface area contributed by atoms with Crippen LogP contribution in [0.2, 0.25) is 0 Å². The molecule has 0 rings (SSSR count). The van der Waals surface area contributed by atoms with Crippen molar-refractivity contribution >= 4 is 40.0 Å². The van der Waals surface area contributed by atoms with E-state index in [1.54, 1.807) is 14.0 Å². The summed E-state index contributed by atoms with van der Waals surface area (Å²) in [6.45, 7) is 10.3. The second-order valence-corrected chi connectivity index (χ2v) is 7.53. The molecule has 0 atom stereocenters. The first-order valence-corrected chi connectivity index (χ1v) is 9.54. The maximum atomic E-state index is 11.6. The Kier molecular flexibility index (Phi) is 15.2. The molecule has 0 bridgehead atoms. The highest BCUT2D eigenvalue weighted by Crippen LogP contribution is 2.00. The van der Waals surface area contributed by atoms with Gasteiger partial charge in [-0.1, -0.05) is 6.08 Å². The molecule has 8 heteroatoms. The number of sulfonamides is 1. The van der Waals surface area contributed by atoms with Crippen LogP contribution in [0.4, 0.5) is 0 Å². The normalized spacial score (nSPS) is 12.0. The summed E-state index contributed by atoms with van der Waals surface area (Å²) < 4.78 is 24.7. The second kappa shape index (κ2) is 14.0. The van der Waals surface area contributed by atoms with E-state index in [1.807, 2.05) is 20.0 Å². The fraction of sp³-hybridized carbons (Fsp3) is 0.800. The first-order valence-electron chi connectivity index (χ1n) is 7.93. The van der Waals surface area contributed by atoms with Crippen molar-refractivity contribution in [3.8, 4) is 0 Å². The van der Waals surface area contributed by atoms with Gasteiger partial charge in [-0.2, -0.15) is 0 Å². The third kappa shape index (κ3) is 10.9. The van der Waals surface area contributed by atoms with Crippen molar-refractivity contribution in [2.45, 2.75) is 33.1 Å². The molecule has 0 radical (unpaired) electrons. The summed E-state index contributed by atoms with van der Waals surface area (Å²) in [6.07, 6.45) is 4.67. The van der Waals surface area contributed by atoms with Crippen LogP contribution in [0.15, 0.2) is 17.6 Å². The highest BCUT2D eigenvalue weighted by molar-refractivity contribution is 14.0. The van der Waals surface area contributed by atoms with Gasteiger partial charge in [0, 0.05) is 40.3 Å². The zero-order valence-electron chi connectivity index (χ0n) is 14.9. The minimum Gasteiger partial charge on any atom is -0.357 e. The van der Waals surface area contributed by atoms with E-state index in [1.165, 1.54) is 4.31 Å². The number of aliphatic imine (C=N–C) groups is 1. The summed E-state index contributed by atoms with van der Waals surface area (Å²) in [5, 5.41) is 3.26. The first-order chi connectivity index (χ1) is 10.4. The minimum atomic E-state index is -3.09. The molecular weight excluding hydrogens is 427 g/mol. The Morgan fingerprint density at radius 2 is 1.87 bits per heavy atom. The summed E-state index contributed by atoms with van der Waals surface area (Å²) in [4.78, 5) is 6.65. The van der Waals surface area contributed by atoms with Gasteiger partial charge in [-0.25, -0.2) is 12.7 Å². The Balaban J connectivity index is 0. The molecule has 0 saturated carbocycles. The fourth-order valence-electron chi connectivity index (χ4n) is 1.89. The molecular formula is C15H33IN4O2S. The lowest BCUT2D eigenvalue weighted by atomic mass is 10.3. The van der Waals surface area contributed by atoms with Crippen LogP contribution in [0.25, 0.3) is 0 Å². The van der Waals surface area contributed by atoms with E-state index in [0.717, 1.165) is 31.9 Å². The van der Waals surface area contributed by atoms with Gasteiger partial charge in [0.05, 0.1) is 5.75 Å². The lowest BCUT2D eigenvalue weighted by Crippen LogP contribution is -2.39. The van der Waals surface area contributed by atoms with E-state index >= 15 is 0 Å². The van der Waals surface area contributed by atoms with Gasteiger partial charge in [0.15, 0.2) is 5.96 Å². The van der Waals surface area contributed by atoms with Crippen LogP contribution in [0, 0.1) is 0 Å². The van der Waals surface area contributed by atoms with E-state index in [0.29, 0.717) is 19.5 Å². The van der Waals surface area contributed by atoms with E-state index in [-0.39, 0.29) is 29.7 Å². The molecule has 138 valence electrons. The molecule has 0 unspecified atom stereocenters. The SMILES string of the molecule is C=CCCCN(C)C(=NCCCN(C)S(=O)(=O)CC)NCC.I. The summed E-state index contributed by atoms with van der Waals surface area (Å²) in [7, 11) is 0.541.